The molecule has 6 heteroatoms. The van der Waals surface area contributed by atoms with Gasteiger partial charge in [-0.15, -0.1) is 0 Å². The van der Waals surface area contributed by atoms with Crippen LogP contribution in [0, 0.1) is 22.7 Å². The van der Waals surface area contributed by atoms with Crippen molar-refractivity contribution in [2.45, 2.75) is 0 Å². The lowest BCUT2D eigenvalue weighted by Crippen LogP contribution is -2.08. The Hall–Kier alpha value is -5.72. The lowest BCUT2D eigenvalue weighted by molar-refractivity contribution is 1.13. The van der Waals surface area contributed by atoms with Crippen molar-refractivity contribution in [3.8, 4) is 12.1 Å². The van der Waals surface area contributed by atoms with E-state index < -0.39 is 0 Å². The van der Waals surface area contributed by atoms with Gasteiger partial charge in [0, 0.05) is 95.9 Å². The first kappa shape index (κ1) is 31.7. The Kier molecular flexibility index (Phi) is 9.03. The molecule has 1 aliphatic rings. The summed E-state index contributed by atoms with van der Waals surface area (Å²) < 4.78 is 0. The van der Waals surface area contributed by atoms with Crippen LogP contribution in [0.1, 0.15) is 22.3 Å². The topological polar surface area (TPSA) is 60.5 Å². The summed E-state index contributed by atoms with van der Waals surface area (Å²) >= 11 is 0. The van der Waals surface area contributed by atoms with Crippen molar-refractivity contribution in [1.82, 2.24) is 0 Å². The van der Waals surface area contributed by atoms with Crippen LogP contribution < -0.4 is 19.6 Å². The van der Waals surface area contributed by atoms with Crippen molar-refractivity contribution in [2.75, 3.05) is 76.0 Å². The van der Waals surface area contributed by atoms with Crippen LogP contribution in [-0.4, -0.2) is 56.4 Å². The second-order valence-electron chi connectivity index (χ2n) is 12.2. The Morgan fingerprint density at radius 1 is 0.370 bits per heavy atom. The van der Waals surface area contributed by atoms with E-state index in [1.54, 1.807) is 0 Å². The molecule has 4 aromatic rings. The molecule has 4 aromatic carbocycles. The van der Waals surface area contributed by atoms with Crippen LogP contribution in [-0.2, 0) is 0 Å². The summed E-state index contributed by atoms with van der Waals surface area (Å²) in [5.74, 6) is 0. The van der Waals surface area contributed by atoms with Crippen molar-refractivity contribution in [2.24, 2.45) is 0 Å². The minimum Gasteiger partial charge on any atom is -0.378 e. The molecular formula is C40H40N6. The molecule has 0 saturated carbocycles. The van der Waals surface area contributed by atoms with Crippen LogP contribution in [0.25, 0.3) is 22.3 Å². The first-order valence-corrected chi connectivity index (χ1v) is 15.2. The molecule has 0 fully saturated rings. The van der Waals surface area contributed by atoms with Gasteiger partial charge in [-0.25, -0.2) is 0 Å². The second kappa shape index (κ2) is 13.1. The van der Waals surface area contributed by atoms with Gasteiger partial charge in [-0.3, -0.25) is 0 Å². The van der Waals surface area contributed by atoms with E-state index in [2.05, 4.69) is 129 Å². The van der Waals surface area contributed by atoms with Crippen LogP contribution in [0.3, 0.4) is 0 Å². The lowest BCUT2D eigenvalue weighted by atomic mass is 9.88. The molecule has 0 amide bonds. The van der Waals surface area contributed by atoms with E-state index in [1.165, 1.54) is 0 Å². The number of nitrogens with zero attached hydrogens (tertiary/aromatic N) is 6. The standard InChI is InChI=1S/C40H40N6/c1-43(2)32-17-9-27(10-18-32)36-37(28-11-19-33(20-12-28)44(3)4)39(30-15-23-35(24-16-30)46(7)8)40(31(25-41)26-42)38(36)29-13-21-34(22-14-29)45(5)6/h9-24H,1-8H3. The van der Waals surface area contributed by atoms with Crippen molar-refractivity contribution in [1.29, 1.82) is 10.5 Å². The Bertz CT molecular complexity index is 1770. The number of hydrogen-bond donors (Lipinski definition) is 0. The molecular weight excluding hydrogens is 564 g/mol. The first-order chi connectivity index (χ1) is 22.0. The van der Waals surface area contributed by atoms with Crippen LogP contribution in [0.2, 0.25) is 0 Å². The number of rotatable bonds is 8. The molecule has 230 valence electrons. The third-order valence-corrected chi connectivity index (χ3v) is 8.41. The van der Waals surface area contributed by atoms with Crippen molar-refractivity contribution in [3.05, 3.63) is 130 Å². The summed E-state index contributed by atoms with van der Waals surface area (Å²) in [7, 11) is 16.2. The number of anilines is 4. The first-order valence-electron chi connectivity index (χ1n) is 15.2. The second-order valence-corrected chi connectivity index (χ2v) is 12.2. The molecule has 0 radical (unpaired) electrons. The largest absolute Gasteiger partial charge is 0.378 e. The SMILES string of the molecule is CN(C)c1ccc(C2=C(c3ccc(N(C)C)cc3)C(c3ccc(N(C)C)cc3)=C(c3ccc(N(C)C)cc3)C2=C(C#N)C#N)cc1. The van der Waals surface area contributed by atoms with Gasteiger partial charge in [0.1, 0.15) is 17.7 Å². The Morgan fingerprint density at radius 2 is 0.587 bits per heavy atom. The lowest BCUT2D eigenvalue weighted by Gasteiger charge is -2.18. The summed E-state index contributed by atoms with van der Waals surface area (Å²) in [5, 5.41) is 20.9. The molecule has 0 heterocycles. The maximum atomic E-state index is 10.5. The van der Waals surface area contributed by atoms with E-state index in [0.717, 1.165) is 67.3 Å². The van der Waals surface area contributed by atoms with Gasteiger partial charge in [0.2, 0.25) is 0 Å². The van der Waals surface area contributed by atoms with Gasteiger partial charge in [0.15, 0.2) is 0 Å². The van der Waals surface area contributed by atoms with Crippen molar-refractivity contribution in [3.63, 3.8) is 0 Å². The molecule has 0 spiro atoms. The highest BCUT2D eigenvalue weighted by atomic mass is 15.1. The average Bonchev–Trinajstić information content (AvgIpc) is 3.41. The highest BCUT2D eigenvalue weighted by Crippen LogP contribution is 2.56. The molecule has 0 saturated heterocycles. The minimum absolute atomic E-state index is 0.0840. The Labute approximate surface area is 273 Å². The summed E-state index contributed by atoms with van der Waals surface area (Å²) in [4.78, 5) is 8.29. The number of hydrogen-bond acceptors (Lipinski definition) is 6. The fourth-order valence-electron chi connectivity index (χ4n) is 5.87. The Balaban J connectivity index is 1.95. The zero-order valence-corrected chi connectivity index (χ0v) is 27.9. The van der Waals surface area contributed by atoms with E-state index in [9.17, 15) is 10.5 Å². The van der Waals surface area contributed by atoms with E-state index >= 15 is 0 Å². The third kappa shape index (κ3) is 5.99. The van der Waals surface area contributed by atoms with Gasteiger partial charge in [-0.2, -0.15) is 10.5 Å². The van der Waals surface area contributed by atoms with Gasteiger partial charge in [-0.05, 0) is 81.9 Å². The zero-order chi connectivity index (χ0) is 33.1. The highest BCUT2D eigenvalue weighted by molar-refractivity contribution is 6.35. The molecule has 6 nitrogen and oxygen atoms in total. The number of nitriles is 2. The summed E-state index contributed by atoms with van der Waals surface area (Å²) in [6, 6.07) is 38.3. The predicted octanol–water partition coefficient (Wildman–Crippen LogP) is 7.83. The highest BCUT2D eigenvalue weighted by Gasteiger charge is 2.35. The maximum absolute atomic E-state index is 10.5. The molecule has 0 atom stereocenters. The molecule has 0 aromatic heterocycles. The van der Waals surface area contributed by atoms with Crippen LogP contribution in [0.15, 0.2) is 108 Å². The fraction of sp³-hybridized carbons (Fsp3) is 0.200. The molecule has 0 aliphatic heterocycles. The third-order valence-electron chi connectivity index (χ3n) is 8.41. The molecule has 0 unspecified atom stereocenters. The average molecular weight is 605 g/mol. The van der Waals surface area contributed by atoms with Crippen LogP contribution >= 0.6 is 0 Å². The molecule has 5 rings (SSSR count). The quantitative estimate of drug-likeness (QED) is 0.191. The summed E-state index contributed by atoms with van der Waals surface area (Å²) in [5.41, 5.74) is 12.7. The molecule has 1 aliphatic carbocycles. The van der Waals surface area contributed by atoms with Crippen molar-refractivity contribution < 1.29 is 0 Å². The normalized spacial score (nSPS) is 12.5. The zero-order valence-electron chi connectivity index (χ0n) is 27.9. The number of allylic oxidation sites excluding steroid dienone is 6. The van der Waals surface area contributed by atoms with Gasteiger partial charge < -0.3 is 19.6 Å². The summed E-state index contributed by atoms with van der Waals surface area (Å²) in [6.07, 6.45) is 0. The summed E-state index contributed by atoms with van der Waals surface area (Å²) in [6.45, 7) is 0. The smallest absolute Gasteiger partial charge is 0.138 e. The monoisotopic (exact) mass is 604 g/mol. The van der Waals surface area contributed by atoms with Gasteiger partial charge in [-0.1, -0.05) is 48.5 Å². The predicted molar refractivity (Wildman–Crippen MR) is 195 cm³/mol. The molecule has 46 heavy (non-hydrogen) atoms. The van der Waals surface area contributed by atoms with Gasteiger partial charge in [0.25, 0.3) is 0 Å². The van der Waals surface area contributed by atoms with Crippen molar-refractivity contribution >= 4 is 45.0 Å². The minimum atomic E-state index is 0.0840. The van der Waals surface area contributed by atoms with Gasteiger partial charge >= 0.3 is 0 Å². The van der Waals surface area contributed by atoms with E-state index in [4.69, 9.17) is 0 Å². The maximum Gasteiger partial charge on any atom is 0.138 e. The van der Waals surface area contributed by atoms with Gasteiger partial charge in [0.05, 0.1) is 0 Å². The molecule has 0 N–H and O–H groups in total. The van der Waals surface area contributed by atoms with E-state index in [-0.39, 0.29) is 5.57 Å². The fourth-order valence-corrected chi connectivity index (χ4v) is 5.87. The van der Waals surface area contributed by atoms with E-state index in [1.807, 2.05) is 56.4 Å². The van der Waals surface area contributed by atoms with Crippen LogP contribution in [0.4, 0.5) is 22.7 Å². The number of benzene rings is 4. The van der Waals surface area contributed by atoms with Crippen LogP contribution in [0.5, 0.6) is 0 Å². The van der Waals surface area contributed by atoms with E-state index in [0.29, 0.717) is 5.57 Å². The Morgan fingerprint density at radius 3 is 0.783 bits per heavy atom. The molecule has 0 bridgehead atoms.